The molecule has 1 rings (SSSR count). The molecule has 0 bridgehead atoms. The average molecular weight is 140 g/mol. The number of nitrogens with zero attached hydrogens (tertiary/aromatic N) is 1. The van der Waals surface area contributed by atoms with Crippen LogP contribution in [0.1, 0.15) is 24.2 Å². The van der Waals surface area contributed by atoms with Crippen LogP contribution in [0.5, 0.6) is 0 Å². The third-order valence-electron chi connectivity index (χ3n) is 1.67. The first-order valence-corrected chi connectivity index (χ1v) is 3.37. The van der Waals surface area contributed by atoms with Crippen molar-refractivity contribution in [2.24, 2.45) is 5.73 Å². The molecule has 0 saturated carbocycles. The van der Waals surface area contributed by atoms with E-state index in [9.17, 15) is 0 Å². The van der Waals surface area contributed by atoms with Gasteiger partial charge < -0.3 is 10.3 Å². The third-order valence-corrected chi connectivity index (χ3v) is 1.67. The van der Waals surface area contributed by atoms with E-state index in [4.69, 9.17) is 10.3 Å². The molecule has 0 saturated heterocycles. The van der Waals surface area contributed by atoms with E-state index < -0.39 is 0 Å². The van der Waals surface area contributed by atoms with Crippen LogP contribution in [-0.2, 0) is 0 Å². The highest BCUT2D eigenvalue weighted by atomic mass is 16.5. The Morgan fingerprint density at radius 3 is 2.90 bits per heavy atom. The number of aryl methyl sites for hydroxylation is 1. The predicted octanol–water partition coefficient (Wildman–Crippen LogP) is 1.05. The Morgan fingerprint density at radius 1 is 1.80 bits per heavy atom. The van der Waals surface area contributed by atoms with E-state index in [0.29, 0.717) is 12.5 Å². The summed E-state index contributed by atoms with van der Waals surface area (Å²) in [7, 11) is 0. The lowest BCUT2D eigenvalue weighted by Crippen LogP contribution is -2.08. The van der Waals surface area contributed by atoms with Crippen LogP contribution in [0.3, 0.4) is 0 Å². The smallest absolute Gasteiger partial charge is 0.137 e. The van der Waals surface area contributed by atoms with Gasteiger partial charge in [0, 0.05) is 5.56 Å². The van der Waals surface area contributed by atoms with E-state index in [1.54, 1.807) is 6.20 Å². The molecule has 0 spiro atoms. The quantitative estimate of drug-likeness (QED) is 0.667. The van der Waals surface area contributed by atoms with Crippen molar-refractivity contribution in [3.05, 3.63) is 17.5 Å². The maximum Gasteiger partial charge on any atom is 0.137 e. The van der Waals surface area contributed by atoms with Crippen LogP contribution in [0.25, 0.3) is 0 Å². The monoisotopic (exact) mass is 140 g/mol. The van der Waals surface area contributed by atoms with Crippen LogP contribution in [0.2, 0.25) is 0 Å². The number of nitrogens with two attached hydrogens (primary N) is 1. The standard InChI is InChI=1S/C7H12N2O/c1-5(3-8)7-4-9-10-6(7)2/h4-5H,3,8H2,1-2H3. The molecule has 0 aliphatic heterocycles. The van der Waals surface area contributed by atoms with Gasteiger partial charge >= 0.3 is 0 Å². The van der Waals surface area contributed by atoms with Gasteiger partial charge in [-0.15, -0.1) is 0 Å². The molecular formula is C7H12N2O. The molecule has 1 aromatic rings. The van der Waals surface area contributed by atoms with Gasteiger partial charge in [0.15, 0.2) is 0 Å². The second kappa shape index (κ2) is 2.84. The van der Waals surface area contributed by atoms with Gasteiger partial charge in [0.25, 0.3) is 0 Å². The van der Waals surface area contributed by atoms with Crippen molar-refractivity contribution in [3.63, 3.8) is 0 Å². The second-order valence-corrected chi connectivity index (χ2v) is 2.47. The first-order chi connectivity index (χ1) is 4.75. The van der Waals surface area contributed by atoms with Gasteiger partial charge in [0.1, 0.15) is 5.76 Å². The molecular weight excluding hydrogens is 128 g/mol. The molecule has 2 N–H and O–H groups in total. The largest absolute Gasteiger partial charge is 0.361 e. The minimum absolute atomic E-state index is 0.353. The molecule has 3 nitrogen and oxygen atoms in total. The zero-order valence-electron chi connectivity index (χ0n) is 6.29. The molecule has 0 aliphatic rings. The summed E-state index contributed by atoms with van der Waals surface area (Å²) in [6, 6.07) is 0. The fraction of sp³-hybridized carbons (Fsp3) is 0.571. The number of rotatable bonds is 2. The molecule has 0 aromatic carbocycles. The van der Waals surface area contributed by atoms with Crippen LogP contribution >= 0.6 is 0 Å². The zero-order valence-corrected chi connectivity index (χ0v) is 6.29. The van der Waals surface area contributed by atoms with Crippen LogP contribution in [0, 0.1) is 6.92 Å². The van der Waals surface area contributed by atoms with Crippen molar-refractivity contribution < 1.29 is 4.52 Å². The number of aromatic nitrogens is 1. The minimum Gasteiger partial charge on any atom is -0.361 e. The Morgan fingerprint density at radius 2 is 2.50 bits per heavy atom. The van der Waals surface area contributed by atoms with E-state index >= 15 is 0 Å². The Kier molecular flexibility index (Phi) is 2.06. The maximum absolute atomic E-state index is 5.46. The van der Waals surface area contributed by atoms with Crippen molar-refractivity contribution in [2.75, 3.05) is 6.54 Å². The van der Waals surface area contributed by atoms with Crippen molar-refractivity contribution in [1.29, 1.82) is 0 Å². The van der Waals surface area contributed by atoms with Crippen molar-refractivity contribution >= 4 is 0 Å². The van der Waals surface area contributed by atoms with Crippen LogP contribution in [0.4, 0.5) is 0 Å². The summed E-state index contributed by atoms with van der Waals surface area (Å²) >= 11 is 0. The lowest BCUT2D eigenvalue weighted by atomic mass is 10.0. The molecule has 3 heteroatoms. The molecule has 0 aliphatic carbocycles. The van der Waals surface area contributed by atoms with Crippen LogP contribution in [-0.4, -0.2) is 11.7 Å². The van der Waals surface area contributed by atoms with E-state index in [1.807, 2.05) is 6.92 Å². The van der Waals surface area contributed by atoms with Gasteiger partial charge in [0.2, 0.25) is 0 Å². The van der Waals surface area contributed by atoms with E-state index in [2.05, 4.69) is 12.1 Å². The fourth-order valence-corrected chi connectivity index (χ4v) is 0.907. The van der Waals surface area contributed by atoms with Gasteiger partial charge in [-0.25, -0.2) is 0 Å². The molecule has 10 heavy (non-hydrogen) atoms. The van der Waals surface area contributed by atoms with E-state index in [-0.39, 0.29) is 0 Å². The van der Waals surface area contributed by atoms with Gasteiger partial charge in [-0.2, -0.15) is 0 Å². The average Bonchev–Trinajstić information content (AvgIpc) is 2.34. The Balaban J connectivity index is 2.82. The zero-order chi connectivity index (χ0) is 7.56. The van der Waals surface area contributed by atoms with Gasteiger partial charge in [-0.3, -0.25) is 0 Å². The van der Waals surface area contributed by atoms with Crippen molar-refractivity contribution in [1.82, 2.24) is 5.16 Å². The summed E-state index contributed by atoms with van der Waals surface area (Å²) in [5.41, 5.74) is 6.58. The highest BCUT2D eigenvalue weighted by Crippen LogP contribution is 2.16. The predicted molar refractivity (Wildman–Crippen MR) is 38.7 cm³/mol. The molecule has 1 unspecified atom stereocenters. The summed E-state index contributed by atoms with van der Waals surface area (Å²) in [6.07, 6.45) is 1.73. The lowest BCUT2D eigenvalue weighted by molar-refractivity contribution is 0.395. The highest BCUT2D eigenvalue weighted by molar-refractivity contribution is 5.16. The third kappa shape index (κ3) is 1.19. The Bertz CT molecular complexity index is 207. The molecule has 1 aromatic heterocycles. The summed E-state index contributed by atoms with van der Waals surface area (Å²) in [4.78, 5) is 0. The van der Waals surface area contributed by atoms with Crippen molar-refractivity contribution in [3.8, 4) is 0 Å². The maximum atomic E-state index is 5.46. The second-order valence-electron chi connectivity index (χ2n) is 2.47. The van der Waals surface area contributed by atoms with Crippen molar-refractivity contribution in [2.45, 2.75) is 19.8 Å². The van der Waals surface area contributed by atoms with Gasteiger partial charge in [0.05, 0.1) is 6.20 Å². The summed E-state index contributed by atoms with van der Waals surface area (Å²) in [5, 5.41) is 3.66. The molecule has 56 valence electrons. The lowest BCUT2D eigenvalue weighted by Gasteiger charge is -2.03. The number of hydrogen-bond acceptors (Lipinski definition) is 3. The van der Waals surface area contributed by atoms with Gasteiger partial charge in [-0.1, -0.05) is 12.1 Å². The van der Waals surface area contributed by atoms with Crippen LogP contribution < -0.4 is 5.73 Å². The normalized spacial score (nSPS) is 13.5. The van der Waals surface area contributed by atoms with E-state index in [1.165, 1.54) is 0 Å². The summed E-state index contributed by atoms with van der Waals surface area (Å²) in [6.45, 7) is 4.59. The first-order valence-electron chi connectivity index (χ1n) is 3.37. The molecule has 0 radical (unpaired) electrons. The SMILES string of the molecule is Cc1oncc1C(C)CN. The Hall–Kier alpha value is -0.830. The molecule has 0 fully saturated rings. The first kappa shape index (κ1) is 7.28. The summed E-state index contributed by atoms with van der Waals surface area (Å²) in [5.74, 6) is 1.23. The topological polar surface area (TPSA) is 52.0 Å². The highest BCUT2D eigenvalue weighted by Gasteiger charge is 2.08. The van der Waals surface area contributed by atoms with Crippen LogP contribution in [0.15, 0.2) is 10.7 Å². The summed E-state index contributed by atoms with van der Waals surface area (Å²) < 4.78 is 4.88. The number of hydrogen-bond donors (Lipinski definition) is 1. The fourth-order valence-electron chi connectivity index (χ4n) is 0.907. The van der Waals surface area contributed by atoms with Gasteiger partial charge in [-0.05, 0) is 19.4 Å². The molecule has 1 heterocycles. The Labute approximate surface area is 60.2 Å². The minimum atomic E-state index is 0.353. The molecule has 0 amide bonds. The molecule has 1 atom stereocenters. The van der Waals surface area contributed by atoms with E-state index in [0.717, 1.165) is 11.3 Å².